The van der Waals surface area contributed by atoms with Crippen LogP contribution >= 0.6 is 0 Å². The second-order valence-corrected chi connectivity index (χ2v) is 10.7. The average molecular weight is 507 g/mol. The van der Waals surface area contributed by atoms with E-state index in [1.807, 2.05) is 39.8 Å². The molecule has 0 fully saturated rings. The number of aromatic hydroxyl groups is 3. The smallest absolute Gasteiger partial charge is 0.200 e. The summed E-state index contributed by atoms with van der Waals surface area (Å²) < 4.78 is 12.5. The van der Waals surface area contributed by atoms with Gasteiger partial charge in [0.15, 0.2) is 5.43 Å². The molecule has 1 aromatic heterocycles. The van der Waals surface area contributed by atoms with Crippen LogP contribution in [0, 0.1) is 0 Å². The van der Waals surface area contributed by atoms with Gasteiger partial charge in [0.1, 0.15) is 45.8 Å². The van der Waals surface area contributed by atoms with Crippen LogP contribution in [0.2, 0.25) is 0 Å². The van der Waals surface area contributed by atoms with Crippen LogP contribution < -0.4 is 10.2 Å². The molecular formula is C30H34O7. The van der Waals surface area contributed by atoms with Crippen molar-refractivity contribution in [1.82, 2.24) is 0 Å². The summed E-state index contributed by atoms with van der Waals surface area (Å²) in [5.41, 5.74) is 1.66. The summed E-state index contributed by atoms with van der Waals surface area (Å²) in [6.45, 7) is 10.9. The SMILES string of the molecule is CC(C)=CCc1c(O)c(CC=C(C)C)c2oc3c(c(=O)c2c1O)C[C@@H](C(C)(C)O)Oc1cc(O)ccc1-3. The predicted octanol–water partition coefficient (Wildman–Crippen LogP) is 5.67. The standard InChI is InChI=1S/C30H34O7/c1-15(2)7-10-19-25(32)20(11-8-16(3)4)29-24(26(19)33)27(34)21-14-23(30(5,6)35)36-22-13-17(31)9-12-18(22)28(21)37-29/h7-9,12-13,23,31-33,35H,10-11,14H2,1-6H3/t23-/m0/s1. The van der Waals surface area contributed by atoms with Gasteiger partial charge in [-0.05, 0) is 66.5 Å². The highest BCUT2D eigenvalue weighted by molar-refractivity contribution is 5.92. The maximum Gasteiger partial charge on any atom is 0.200 e. The molecule has 7 heteroatoms. The highest BCUT2D eigenvalue weighted by Gasteiger charge is 2.37. The predicted molar refractivity (Wildman–Crippen MR) is 144 cm³/mol. The lowest BCUT2D eigenvalue weighted by atomic mass is 9.91. The normalized spacial score (nSPS) is 14.8. The number of hydrogen-bond acceptors (Lipinski definition) is 7. The van der Waals surface area contributed by atoms with Crippen LogP contribution in [0.5, 0.6) is 23.0 Å². The lowest BCUT2D eigenvalue weighted by Crippen LogP contribution is -2.42. The Kier molecular flexibility index (Phi) is 6.86. The van der Waals surface area contributed by atoms with Crippen LogP contribution in [-0.4, -0.2) is 32.1 Å². The van der Waals surface area contributed by atoms with E-state index in [0.29, 0.717) is 17.5 Å². The van der Waals surface area contributed by atoms with E-state index in [-0.39, 0.29) is 63.7 Å². The summed E-state index contributed by atoms with van der Waals surface area (Å²) in [4.78, 5) is 14.1. The zero-order valence-electron chi connectivity index (χ0n) is 22.1. The monoisotopic (exact) mass is 506 g/mol. The largest absolute Gasteiger partial charge is 0.508 e. The number of hydrogen-bond donors (Lipinski definition) is 4. The van der Waals surface area contributed by atoms with E-state index in [2.05, 4.69) is 0 Å². The van der Waals surface area contributed by atoms with Gasteiger partial charge in [-0.2, -0.15) is 0 Å². The Balaban J connectivity index is 2.14. The molecule has 0 aliphatic carbocycles. The number of allylic oxidation sites excluding steroid dienone is 4. The molecule has 1 aliphatic rings. The molecule has 0 unspecified atom stereocenters. The minimum absolute atomic E-state index is 0.0115. The van der Waals surface area contributed by atoms with Crippen LogP contribution in [-0.2, 0) is 19.3 Å². The fraction of sp³-hybridized carbons (Fsp3) is 0.367. The number of phenolic OH excluding ortho intramolecular Hbond substituents is 3. The first-order valence-electron chi connectivity index (χ1n) is 12.3. The molecule has 4 N–H and O–H groups in total. The van der Waals surface area contributed by atoms with Crippen LogP contribution in [0.3, 0.4) is 0 Å². The van der Waals surface area contributed by atoms with Crippen molar-refractivity contribution in [2.75, 3.05) is 0 Å². The summed E-state index contributed by atoms with van der Waals surface area (Å²) in [6.07, 6.45) is 3.51. The van der Waals surface area contributed by atoms with Crippen molar-refractivity contribution < 1.29 is 29.6 Å². The van der Waals surface area contributed by atoms with Gasteiger partial charge in [-0.1, -0.05) is 23.3 Å². The van der Waals surface area contributed by atoms with Gasteiger partial charge in [0, 0.05) is 29.2 Å². The molecule has 37 heavy (non-hydrogen) atoms. The van der Waals surface area contributed by atoms with Crippen LogP contribution in [0.25, 0.3) is 22.3 Å². The molecule has 2 heterocycles. The Morgan fingerprint density at radius 2 is 1.62 bits per heavy atom. The topological polar surface area (TPSA) is 120 Å². The highest BCUT2D eigenvalue weighted by Crippen LogP contribution is 2.45. The molecule has 3 aromatic rings. The molecular weight excluding hydrogens is 472 g/mol. The van der Waals surface area contributed by atoms with Crippen LogP contribution in [0.15, 0.2) is 50.7 Å². The van der Waals surface area contributed by atoms with Crippen molar-refractivity contribution in [3.8, 4) is 34.3 Å². The third kappa shape index (κ3) is 4.96. The molecule has 0 spiro atoms. The van der Waals surface area contributed by atoms with Crippen LogP contribution in [0.1, 0.15) is 58.2 Å². The van der Waals surface area contributed by atoms with Gasteiger partial charge in [0.2, 0.25) is 0 Å². The average Bonchev–Trinajstić information content (AvgIpc) is 2.95. The van der Waals surface area contributed by atoms with E-state index in [1.54, 1.807) is 19.9 Å². The minimum Gasteiger partial charge on any atom is -0.508 e. The molecule has 0 saturated carbocycles. The van der Waals surface area contributed by atoms with Crippen molar-refractivity contribution in [3.05, 3.63) is 68.4 Å². The van der Waals surface area contributed by atoms with Gasteiger partial charge in [0.05, 0.1) is 11.2 Å². The Morgan fingerprint density at radius 1 is 1.00 bits per heavy atom. The lowest BCUT2D eigenvalue weighted by molar-refractivity contribution is -0.0322. The van der Waals surface area contributed by atoms with E-state index >= 15 is 0 Å². The summed E-state index contributed by atoms with van der Waals surface area (Å²) in [5, 5.41) is 43.4. The van der Waals surface area contributed by atoms with Crippen LogP contribution in [0.4, 0.5) is 0 Å². The fourth-order valence-electron chi connectivity index (χ4n) is 4.52. The number of ether oxygens (including phenoxy) is 1. The zero-order chi connectivity index (χ0) is 27.2. The number of phenols is 3. The number of aliphatic hydroxyl groups is 1. The van der Waals surface area contributed by atoms with Crippen molar-refractivity contribution in [3.63, 3.8) is 0 Å². The molecule has 0 bridgehead atoms. The second kappa shape index (κ2) is 9.63. The molecule has 196 valence electrons. The quantitative estimate of drug-likeness (QED) is 0.329. The van der Waals surface area contributed by atoms with Gasteiger partial charge in [-0.25, -0.2) is 0 Å². The molecule has 0 radical (unpaired) electrons. The van der Waals surface area contributed by atoms with Crippen molar-refractivity contribution in [1.29, 1.82) is 0 Å². The first-order chi connectivity index (χ1) is 17.3. The highest BCUT2D eigenvalue weighted by atomic mass is 16.5. The maximum absolute atomic E-state index is 14.1. The van der Waals surface area contributed by atoms with E-state index in [1.165, 1.54) is 12.1 Å². The van der Waals surface area contributed by atoms with Crippen molar-refractivity contribution >= 4 is 11.0 Å². The molecule has 2 aromatic carbocycles. The van der Waals surface area contributed by atoms with Gasteiger partial charge in [-0.3, -0.25) is 4.79 Å². The maximum atomic E-state index is 14.1. The number of rotatable bonds is 5. The number of fused-ring (bicyclic) bond motifs is 4. The number of benzene rings is 2. The van der Waals surface area contributed by atoms with E-state index in [4.69, 9.17) is 9.15 Å². The van der Waals surface area contributed by atoms with Crippen molar-refractivity contribution in [2.45, 2.75) is 72.5 Å². The van der Waals surface area contributed by atoms with E-state index < -0.39 is 17.1 Å². The first-order valence-corrected chi connectivity index (χ1v) is 12.3. The van der Waals surface area contributed by atoms with Crippen molar-refractivity contribution in [2.24, 2.45) is 0 Å². The Morgan fingerprint density at radius 3 is 2.22 bits per heavy atom. The summed E-state index contributed by atoms with van der Waals surface area (Å²) in [5.74, 6) is -0.00338. The fourth-order valence-corrected chi connectivity index (χ4v) is 4.52. The van der Waals surface area contributed by atoms with Gasteiger partial charge in [0.25, 0.3) is 0 Å². The molecule has 0 saturated heterocycles. The Bertz CT molecular complexity index is 1490. The van der Waals surface area contributed by atoms with Gasteiger partial charge >= 0.3 is 0 Å². The molecule has 1 atom stereocenters. The summed E-state index contributed by atoms with van der Waals surface area (Å²) in [7, 11) is 0. The summed E-state index contributed by atoms with van der Waals surface area (Å²) >= 11 is 0. The van der Waals surface area contributed by atoms with Gasteiger partial charge in [-0.15, -0.1) is 0 Å². The zero-order valence-corrected chi connectivity index (χ0v) is 22.1. The molecule has 4 rings (SSSR count). The van der Waals surface area contributed by atoms with Gasteiger partial charge < -0.3 is 29.6 Å². The third-order valence-corrected chi connectivity index (χ3v) is 6.66. The second-order valence-electron chi connectivity index (χ2n) is 10.7. The third-order valence-electron chi connectivity index (χ3n) is 6.66. The lowest BCUT2D eigenvalue weighted by Gasteiger charge is -2.28. The molecule has 0 amide bonds. The first kappa shape index (κ1) is 26.4. The Hall–Kier alpha value is -3.71. The molecule has 7 nitrogen and oxygen atoms in total. The Labute approximate surface area is 216 Å². The van der Waals surface area contributed by atoms with E-state index in [0.717, 1.165) is 11.1 Å². The summed E-state index contributed by atoms with van der Waals surface area (Å²) in [6, 6.07) is 4.46. The minimum atomic E-state index is -1.33. The molecule has 1 aliphatic heterocycles. The van der Waals surface area contributed by atoms with E-state index in [9.17, 15) is 25.2 Å².